The minimum absolute atomic E-state index is 0.115. The molecule has 1 aliphatic rings. The number of carbonyl (C=O) groups excluding carboxylic acids is 1. The summed E-state index contributed by atoms with van der Waals surface area (Å²) >= 11 is 0. The fourth-order valence-corrected chi connectivity index (χ4v) is 1.81. The number of halogens is 3. The number of amides is 1. The molecule has 1 fully saturated rings. The summed E-state index contributed by atoms with van der Waals surface area (Å²) in [6.07, 6.45) is -3.99. The molecular formula is C10H17F3N2O. The van der Waals surface area contributed by atoms with Gasteiger partial charge in [0, 0.05) is 19.5 Å². The van der Waals surface area contributed by atoms with Gasteiger partial charge >= 0.3 is 6.18 Å². The molecule has 1 aliphatic heterocycles. The van der Waals surface area contributed by atoms with E-state index in [1.54, 1.807) is 0 Å². The molecule has 0 radical (unpaired) electrons. The average molecular weight is 238 g/mol. The molecule has 94 valence electrons. The normalized spacial score (nSPS) is 26.1. The zero-order chi connectivity index (χ0) is 12.3. The zero-order valence-electron chi connectivity index (χ0n) is 9.40. The second kappa shape index (κ2) is 5.03. The molecule has 1 heterocycles. The van der Waals surface area contributed by atoms with Gasteiger partial charge in [0.1, 0.15) is 0 Å². The lowest BCUT2D eigenvalue weighted by atomic mass is 10.0. The molecule has 1 rings (SSSR count). The van der Waals surface area contributed by atoms with Crippen molar-refractivity contribution in [2.75, 3.05) is 13.1 Å². The van der Waals surface area contributed by atoms with Gasteiger partial charge < -0.3 is 10.6 Å². The Hall–Kier alpha value is -0.780. The SMILES string of the molecule is CC(C)CC(=O)N[C@@H]1CNC[C@H]1C(F)(F)F. The monoisotopic (exact) mass is 238 g/mol. The Morgan fingerprint density at radius 1 is 1.44 bits per heavy atom. The summed E-state index contributed by atoms with van der Waals surface area (Å²) in [6, 6.07) is -0.828. The number of alkyl halides is 3. The molecule has 0 aromatic carbocycles. The molecule has 1 saturated heterocycles. The van der Waals surface area contributed by atoms with Gasteiger partial charge in [-0.2, -0.15) is 13.2 Å². The van der Waals surface area contributed by atoms with Gasteiger partial charge in [-0.3, -0.25) is 4.79 Å². The molecule has 0 aromatic rings. The van der Waals surface area contributed by atoms with E-state index in [-0.39, 0.29) is 31.3 Å². The molecule has 6 heteroatoms. The van der Waals surface area contributed by atoms with Crippen LogP contribution in [0.5, 0.6) is 0 Å². The van der Waals surface area contributed by atoms with Crippen molar-refractivity contribution in [3.8, 4) is 0 Å². The van der Waals surface area contributed by atoms with Crippen LogP contribution in [-0.2, 0) is 4.79 Å². The van der Waals surface area contributed by atoms with E-state index in [1.165, 1.54) is 0 Å². The second-order valence-electron chi connectivity index (χ2n) is 4.58. The van der Waals surface area contributed by atoms with E-state index in [0.29, 0.717) is 0 Å². The van der Waals surface area contributed by atoms with E-state index in [9.17, 15) is 18.0 Å². The van der Waals surface area contributed by atoms with Crippen LogP contribution in [0.25, 0.3) is 0 Å². The summed E-state index contributed by atoms with van der Waals surface area (Å²) in [5, 5.41) is 5.10. The third kappa shape index (κ3) is 3.66. The lowest BCUT2D eigenvalue weighted by Gasteiger charge is -2.22. The van der Waals surface area contributed by atoms with Crippen molar-refractivity contribution in [3.63, 3.8) is 0 Å². The minimum atomic E-state index is -4.25. The fraction of sp³-hybridized carbons (Fsp3) is 0.900. The molecule has 16 heavy (non-hydrogen) atoms. The molecule has 2 atom stereocenters. The maximum Gasteiger partial charge on any atom is 0.395 e. The third-order valence-corrected chi connectivity index (χ3v) is 2.57. The molecule has 2 N–H and O–H groups in total. The quantitative estimate of drug-likeness (QED) is 0.778. The summed E-state index contributed by atoms with van der Waals surface area (Å²) in [5.41, 5.74) is 0. The predicted molar refractivity (Wildman–Crippen MR) is 53.8 cm³/mol. The van der Waals surface area contributed by atoms with Crippen LogP contribution in [0.15, 0.2) is 0 Å². The van der Waals surface area contributed by atoms with Crippen molar-refractivity contribution in [1.82, 2.24) is 10.6 Å². The molecule has 3 nitrogen and oxygen atoms in total. The van der Waals surface area contributed by atoms with Crippen molar-refractivity contribution in [3.05, 3.63) is 0 Å². The largest absolute Gasteiger partial charge is 0.395 e. The predicted octanol–water partition coefficient (Wildman–Crippen LogP) is 1.30. The first-order valence-electron chi connectivity index (χ1n) is 5.37. The number of rotatable bonds is 3. The highest BCUT2D eigenvalue weighted by molar-refractivity contribution is 5.76. The van der Waals surface area contributed by atoms with Gasteiger partial charge in [0.05, 0.1) is 12.0 Å². The second-order valence-corrected chi connectivity index (χ2v) is 4.58. The van der Waals surface area contributed by atoms with Crippen LogP contribution in [0.3, 0.4) is 0 Å². The smallest absolute Gasteiger partial charge is 0.351 e. The Morgan fingerprint density at radius 2 is 2.06 bits per heavy atom. The van der Waals surface area contributed by atoms with Crippen molar-refractivity contribution >= 4 is 5.91 Å². The van der Waals surface area contributed by atoms with Crippen LogP contribution in [0.4, 0.5) is 13.2 Å². The standard InChI is InChI=1S/C10H17F3N2O/c1-6(2)3-9(16)15-8-5-14-4-7(8)10(11,12)13/h6-8,14H,3-5H2,1-2H3,(H,15,16)/t7-,8-/m1/s1. The van der Waals surface area contributed by atoms with Gasteiger partial charge in [-0.1, -0.05) is 13.8 Å². The number of carbonyl (C=O) groups is 1. The van der Waals surface area contributed by atoms with E-state index in [0.717, 1.165) is 0 Å². The van der Waals surface area contributed by atoms with Crippen molar-refractivity contribution < 1.29 is 18.0 Å². The Balaban J connectivity index is 2.50. The van der Waals surface area contributed by atoms with E-state index in [2.05, 4.69) is 10.6 Å². The molecule has 0 unspecified atom stereocenters. The van der Waals surface area contributed by atoms with E-state index < -0.39 is 18.1 Å². The third-order valence-electron chi connectivity index (χ3n) is 2.57. The first-order valence-corrected chi connectivity index (χ1v) is 5.37. The summed E-state index contributed by atoms with van der Waals surface area (Å²) < 4.78 is 37.6. The van der Waals surface area contributed by atoms with Gasteiger partial charge in [0.25, 0.3) is 0 Å². The molecular weight excluding hydrogens is 221 g/mol. The van der Waals surface area contributed by atoms with Crippen LogP contribution in [0.2, 0.25) is 0 Å². The number of hydrogen-bond donors (Lipinski definition) is 2. The first-order chi connectivity index (χ1) is 7.30. The summed E-state index contributed by atoms with van der Waals surface area (Å²) in [7, 11) is 0. The van der Waals surface area contributed by atoms with E-state index >= 15 is 0 Å². The Morgan fingerprint density at radius 3 is 2.56 bits per heavy atom. The Labute approximate surface area is 92.8 Å². The molecule has 0 spiro atoms. The zero-order valence-corrected chi connectivity index (χ0v) is 9.40. The van der Waals surface area contributed by atoms with Gasteiger partial charge in [-0.25, -0.2) is 0 Å². The average Bonchev–Trinajstić information content (AvgIpc) is 2.48. The topological polar surface area (TPSA) is 41.1 Å². The highest BCUT2D eigenvalue weighted by Gasteiger charge is 2.47. The van der Waals surface area contributed by atoms with Crippen molar-refractivity contribution in [2.45, 2.75) is 32.5 Å². The molecule has 0 saturated carbocycles. The summed E-state index contributed by atoms with van der Waals surface area (Å²) in [5.74, 6) is -1.62. The molecule has 1 amide bonds. The number of nitrogens with one attached hydrogen (secondary N) is 2. The van der Waals surface area contributed by atoms with Gasteiger partial charge in [-0.15, -0.1) is 0 Å². The Kier molecular flexibility index (Phi) is 4.18. The maximum absolute atomic E-state index is 12.5. The van der Waals surface area contributed by atoms with E-state index in [4.69, 9.17) is 0 Å². The lowest BCUT2D eigenvalue weighted by Crippen LogP contribution is -2.45. The van der Waals surface area contributed by atoms with Crippen LogP contribution in [-0.4, -0.2) is 31.2 Å². The van der Waals surface area contributed by atoms with Crippen LogP contribution < -0.4 is 10.6 Å². The fourth-order valence-electron chi connectivity index (χ4n) is 1.81. The molecule has 0 aromatic heterocycles. The van der Waals surface area contributed by atoms with Gasteiger partial charge in [0.15, 0.2) is 0 Å². The molecule has 0 bridgehead atoms. The van der Waals surface area contributed by atoms with Crippen LogP contribution >= 0.6 is 0 Å². The highest BCUT2D eigenvalue weighted by Crippen LogP contribution is 2.30. The highest BCUT2D eigenvalue weighted by atomic mass is 19.4. The van der Waals surface area contributed by atoms with Gasteiger partial charge in [-0.05, 0) is 5.92 Å². The van der Waals surface area contributed by atoms with Crippen LogP contribution in [0, 0.1) is 11.8 Å². The lowest BCUT2D eigenvalue weighted by molar-refractivity contribution is -0.174. The minimum Gasteiger partial charge on any atom is -0.351 e. The van der Waals surface area contributed by atoms with Gasteiger partial charge in [0.2, 0.25) is 5.91 Å². The maximum atomic E-state index is 12.5. The Bertz CT molecular complexity index is 253. The van der Waals surface area contributed by atoms with Crippen molar-refractivity contribution in [1.29, 1.82) is 0 Å². The van der Waals surface area contributed by atoms with Crippen LogP contribution in [0.1, 0.15) is 20.3 Å². The summed E-state index contributed by atoms with van der Waals surface area (Å²) in [6.45, 7) is 3.78. The van der Waals surface area contributed by atoms with Crippen molar-refractivity contribution in [2.24, 2.45) is 11.8 Å². The molecule has 0 aliphatic carbocycles. The first kappa shape index (κ1) is 13.3. The summed E-state index contributed by atoms with van der Waals surface area (Å²) in [4.78, 5) is 11.4. The number of hydrogen-bond acceptors (Lipinski definition) is 2. The van der Waals surface area contributed by atoms with E-state index in [1.807, 2.05) is 13.8 Å².